The lowest BCUT2D eigenvalue weighted by Crippen LogP contribution is -2.22. The van der Waals surface area contributed by atoms with Crippen LogP contribution < -0.4 is 0 Å². The highest BCUT2D eigenvalue weighted by Crippen LogP contribution is 2.36. The maximum Gasteiger partial charge on any atom is 0.168 e. The molecule has 23 heavy (non-hydrogen) atoms. The summed E-state index contributed by atoms with van der Waals surface area (Å²) in [6, 6.07) is 2.86. The third kappa shape index (κ3) is 3.84. The largest absolute Gasteiger partial charge is 0.361 e. The van der Waals surface area contributed by atoms with E-state index in [4.69, 9.17) is 16.3 Å². The number of rotatable bonds is 7. The molecule has 0 spiro atoms. The maximum atomic E-state index is 12.5. The number of nitrogens with zero attached hydrogens (tertiary/aromatic N) is 2. The summed E-state index contributed by atoms with van der Waals surface area (Å²) in [7, 11) is -1.10. The van der Waals surface area contributed by atoms with E-state index < -0.39 is 8.07 Å². The summed E-state index contributed by atoms with van der Waals surface area (Å²) < 4.78 is 7.72. The Kier molecular flexibility index (Phi) is 4.62. The first-order valence-electron chi connectivity index (χ1n) is 8.12. The van der Waals surface area contributed by atoms with Gasteiger partial charge in [-0.3, -0.25) is 4.79 Å². The zero-order valence-corrected chi connectivity index (χ0v) is 15.7. The third-order valence-electron chi connectivity index (χ3n) is 4.15. The second-order valence-corrected chi connectivity index (χ2v) is 13.5. The van der Waals surface area contributed by atoms with Crippen LogP contribution in [0.2, 0.25) is 30.7 Å². The molecule has 6 heteroatoms. The Labute approximate surface area is 142 Å². The van der Waals surface area contributed by atoms with E-state index in [1.807, 2.05) is 10.8 Å². The van der Waals surface area contributed by atoms with E-state index in [2.05, 4.69) is 24.6 Å². The summed E-state index contributed by atoms with van der Waals surface area (Å²) in [4.78, 5) is 16.9. The van der Waals surface area contributed by atoms with Crippen molar-refractivity contribution in [2.75, 3.05) is 6.61 Å². The Hall–Kier alpha value is -1.17. The van der Waals surface area contributed by atoms with Crippen LogP contribution in [0.1, 0.15) is 23.2 Å². The molecule has 2 aromatic rings. The van der Waals surface area contributed by atoms with Gasteiger partial charge in [-0.1, -0.05) is 31.2 Å². The van der Waals surface area contributed by atoms with Crippen molar-refractivity contribution in [2.24, 2.45) is 5.92 Å². The van der Waals surface area contributed by atoms with Crippen LogP contribution in [-0.2, 0) is 11.5 Å². The monoisotopic (exact) mass is 350 g/mol. The Morgan fingerprint density at radius 1 is 1.43 bits per heavy atom. The number of pyridine rings is 1. The highest BCUT2D eigenvalue weighted by molar-refractivity contribution is 6.76. The normalized spacial score (nSPS) is 15.3. The number of halogens is 1. The standard InChI is InChI=1S/C17H23ClN2O2Si/c1-23(2,3)9-8-22-11-20-10-13(16(21)12-4-5-12)15-14(18)6-7-19-17(15)20/h6-7,10,12H,4-5,8-9,11H2,1-3H3. The molecule has 0 aromatic carbocycles. The molecule has 0 N–H and O–H groups in total. The summed E-state index contributed by atoms with van der Waals surface area (Å²) in [5, 5.41) is 1.35. The molecular formula is C17H23ClN2O2Si. The Morgan fingerprint density at radius 3 is 2.83 bits per heavy atom. The Balaban J connectivity index is 1.83. The number of hydrogen-bond donors (Lipinski definition) is 0. The second-order valence-electron chi connectivity index (χ2n) is 7.49. The van der Waals surface area contributed by atoms with Gasteiger partial charge >= 0.3 is 0 Å². The van der Waals surface area contributed by atoms with Gasteiger partial charge in [0.1, 0.15) is 12.4 Å². The number of Topliss-reactive ketones (excluding diaryl/α,β-unsaturated/α-hetero) is 1. The highest BCUT2D eigenvalue weighted by atomic mass is 35.5. The van der Waals surface area contributed by atoms with Crippen LogP contribution in [0.25, 0.3) is 11.0 Å². The molecule has 0 unspecified atom stereocenters. The molecule has 4 nitrogen and oxygen atoms in total. The molecule has 0 saturated heterocycles. The molecular weight excluding hydrogens is 328 g/mol. The van der Waals surface area contributed by atoms with Crippen molar-refractivity contribution in [1.29, 1.82) is 0 Å². The summed E-state index contributed by atoms with van der Waals surface area (Å²) in [5.41, 5.74) is 1.42. The van der Waals surface area contributed by atoms with E-state index in [9.17, 15) is 4.79 Å². The number of carbonyl (C=O) groups excluding carboxylic acids is 1. The molecule has 1 aliphatic carbocycles. The lowest BCUT2D eigenvalue weighted by molar-refractivity contribution is 0.0893. The molecule has 0 amide bonds. The minimum absolute atomic E-state index is 0.165. The van der Waals surface area contributed by atoms with E-state index in [-0.39, 0.29) is 11.7 Å². The summed E-state index contributed by atoms with van der Waals surface area (Å²) in [5.74, 6) is 0.351. The highest BCUT2D eigenvalue weighted by Gasteiger charge is 2.33. The number of aromatic nitrogens is 2. The van der Waals surface area contributed by atoms with Crippen molar-refractivity contribution in [3.8, 4) is 0 Å². The summed E-state index contributed by atoms with van der Waals surface area (Å²) in [6.45, 7) is 8.13. The van der Waals surface area contributed by atoms with Crippen LogP contribution in [0.3, 0.4) is 0 Å². The SMILES string of the molecule is C[Si](C)(C)CCOCn1cc(C(=O)C2CC2)c2c(Cl)ccnc21. The number of ether oxygens (including phenoxy) is 1. The third-order valence-corrected chi connectivity index (χ3v) is 6.17. The van der Waals surface area contributed by atoms with Gasteiger partial charge in [0.15, 0.2) is 5.78 Å². The quantitative estimate of drug-likeness (QED) is 0.416. The average Bonchev–Trinajstić information content (AvgIpc) is 3.25. The zero-order chi connectivity index (χ0) is 16.6. The van der Waals surface area contributed by atoms with Gasteiger partial charge in [-0.25, -0.2) is 4.98 Å². The van der Waals surface area contributed by atoms with Gasteiger partial charge in [0.25, 0.3) is 0 Å². The summed E-state index contributed by atoms with van der Waals surface area (Å²) in [6.07, 6.45) is 5.50. The van der Waals surface area contributed by atoms with Gasteiger partial charge < -0.3 is 9.30 Å². The number of carbonyl (C=O) groups is 1. The zero-order valence-electron chi connectivity index (χ0n) is 13.9. The van der Waals surface area contributed by atoms with E-state index in [0.29, 0.717) is 17.3 Å². The van der Waals surface area contributed by atoms with Gasteiger partial charge in [-0.05, 0) is 25.0 Å². The molecule has 0 atom stereocenters. The van der Waals surface area contributed by atoms with Crippen molar-refractivity contribution in [1.82, 2.24) is 9.55 Å². The van der Waals surface area contributed by atoms with Gasteiger partial charge in [0.2, 0.25) is 0 Å². The van der Waals surface area contributed by atoms with E-state index in [1.165, 1.54) is 0 Å². The fourth-order valence-corrected chi connectivity index (χ4v) is 3.57. The first-order valence-corrected chi connectivity index (χ1v) is 12.2. The smallest absolute Gasteiger partial charge is 0.168 e. The van der Waals surface area contributed by atoms with E-state index in [1.54, 1.807) is 12.3 Å². The van der Waals surface area contributed by atoms with Gasteiger partial charge in [-0.15, -0.1) is 0 Å². The Morgan fingerprint density at radius 2 is 2.17 bits per heavy atom. The fraction of sp³-hybridized carbons (Fsp3) is 0.529. The molecule has 3 rings (SSSR count). The van der Waals surface area contributed by atoms with E-state index in [0.717, 1.165) is 36.5 Å². The number of ketones is 1. The first-order chi connectivity index (χ1) is 10.9. The van der Waals surface area contributed by atoms with Gasteiger partial charge in [0.05, 0.1) is 5.02 Å². The predicted molar refractivity (Wildman–Crippen MR) is 95.9 cm³/mol. The molecule has 1 saturated carbocycles. The summed E-state index contributed by atoms with van der Waals surface area (Å²) >= 11 is 6.33. The molecule has 1 fully saturated rings. The average molecular weight is 351 g/mol. The minimum atomic E-state index is -1.10. The fourth-order valence-electron chi connectivity index (χ4n) is 2.57. The van der Waals surface area contributed by atoms with Crippen molar-refractivity contribution in [3.63, 3.8) is 0 Å². The van der Waals surface area contributed by atoms with Crippen LogP contribution in [0.15, 0.2) is 18.5 Å². The van der Waals surface area contributed by atoms with Crippen LogP contribution in [0.4, 0.5) is 0 Å². The van der Waals surface area contributed by atoms with Gasteiger partial charge in [-0.2, -0.15) is 0 Å². The number of hydrogen-bond acceptors (Lipinski definition) is 3. The van der Waals surface area contributed by atoms with E-state index >= 15 is 0 Å². The molecule has 1 aliphatic rings. The van der Waals surface area contributed by atoms with Crippen LogP contribution in [-0.4, -0.2) is 30.0 Å². The topological polar surface area (TPSA) is 44.1 Å². The lowest BCUT2D eigenvalue weighted by atomic mass is 10.1. The van der Waals surface area contributed by atoms with Crippen molar-refractivity contribution in [3.05, 3.63) is 29.0 Å². The molecule has 0 radical (unpaired) electrons. The molecule has 124 valence electrons. The molecule has 0 bridgehead atoms. The second kappa shape index (κ2) is 6.38. The predicted octanol–water partition coefficient (Wildman–Crippen LogP) is 4.59. The maximum absolute atomic E-state index is 12.5. The van der Waals surface area contributed by atoms with Crippen molar-refractivity contribution in [2.45, 2.75) is 45.3 Å². The lowest BCUT2D eigenvalue weighted by Gasteiger charge is -2.15. The van der Waals surface area contributed by atoms with Crippen LogP contribution in [0, 0.1) is 5.92 Å². The van der Waals surface area contributed by atoms with Crippen molar-refractivity contribution < 1.29 is 9.53 Å². The van der Waals surface area contributed by atoms with Crippen molar-refractivity contribution >= 4 is 36.5 Å². The minimum Gasteiger partial charge on any atom is -0.361 e. The van der Waals surface area contributed by atoms with Crippen LogP contribution in [0.5, 0.6) is 0 Å². The first kappa shape index (κ1) is 16.7. The Bertz CT molecular complexity index is 732. The van der Waals surface area contributed by atoms with Gasteiger partial charge in [0, 0.05) is 43.9 Å². The molecule has 2 heterocycles. The number of fused-ring (bicyclic) bond motifs is 1. The molecule has 0 aliphatic heterocycles. The van der Waals surface area contributed by atoms with Crippen LogP contribution >= 0.6 is 11.6 Å². The molecule has 2 aromatic heterocycles.